The predicted molar refractivity (Wildman–Crippen MR) is 79.3 cm³/mol. The molecule has 110 valence electrons. The normalized spacial score (nSPS) is 14.1. The highest BCUT2D eigenvalue weighted by molar-refractivity contribution is 5.76. The summed E-state index contributed by atoms with van der Waals surface area (Å²) in [6.07, 6.45) is 8.12. The van der Waals surface area contributed by atoms with Gasteiger partial charge in [-0.1, -0.05) is 0 Å². The maximum Gasteiger partial charge on any atom is 0.221 e. The fourth-order valence-electron chi connectivity index (χ4n) is 2.16. The molecule has 1 amide bonds. The molecule has 2 aromatic rings. The second kappa shape index (κ2) is 6.49. The number of rotatable bonds is 7. The molecule has 6 nitrogen and oxygen atoms in total. The van der Waals surface area contributed by atoms with Gasteiger partial charge in [0.2, 0.25) is 5.91 Å². The Kier molecular flexibility index (Phi) is 4.25. The van der Waals surface area contributed by atoms with Crippen LogP contribution in [0.1, 0.15) is 24.8 Å². The van der Waals surface area contributed by atoms with E-state index in [9.17, 15) is 4.79 Å². The van der Waals surface area contributed by atoms with Crippen LogP contribution in [-0.2, 0) is 11.3 Å². The van der Waals surface area contributed by atoms with Crippen molar-refractivity contribution in [1.29, 1.82) is 0 Å². The van der Waals surface area contributed by atoms with E-state index in [1.165, 1.54) is 0 Å². The third kappa shape index (κ3) is 3.88. The van der Waals surface area contributed by atoms with Crippen molar-refractivity contribution in [2.75, 3.05) is 6.54 Å². The summed E-state index contributed by atoms with van der Waals surface area (Å²) in [6.45, 7) is 1.34. The number of carbonyl (C=O) groups excluding carboxylic acids is 1. The van der Waals surface area contributed by atoms with Gasteiger partial charge in [-0.2, -0.15) is 5.10 Å². The topological polar surface area (TPSA) is 82.7 Å². The minimum atomic E-state index is 0.129. The predicted octanol–water partition coefficient (Wildman–Crippen LogP) is 1.23. The molecule has 6 heteroatoms. The maximum atomic E-state index is 11.6. The minimum absolute atomic E-state index is 0.129. The van der Waals surface area contributed by atoms with Gasteiger partial charge in [0.05, 0.1) is 11.9 Å². The molecule has 0 radical (unpaired) electrons. The van der Waals surface area contributed by atoms with Gasteiger partial charge < -0.3 is 10.6 Å². The molecule has 0 atom stereocenters. The number of H-pyrrole nitrogens is 1. The smallest absolute Gasteiger partial charge is 0.221 e. The van der Waals surface area contributed by atoms with E-state index in [2.05, 4.69) is 25.8 Å². The third-order valence-electron chi connectivity index (χ3n) is 3.45. The molecule has 0 saturated heterocycles. The van der Waals surface area contributed by atoms with Crippen molar-refractivity contribution in [2.45, 2.75) is 31.8 Å². The Hall–Kier alpha value is -2.21. The third-order valence-corrected chi connectivity index (χ3v) is 3.45. The number of hydrogen-bond acceptors (Lipinski definition) is 4. The van der Waals surface area contributed by atoms with E-state index < -0.39 is 0 Å². The number of nitrogens with one attached hydrogen (secondary N) is 3. The summed E-state index contributed by atoms with van der Waals surface area (Å²) in [5, 5.41) is 13.3. The number of carbonyl (C=O) groups is 1. The lowest BCUT2D eigenvalue weighted by Gasteiger charge is -2.06. The summed E-state index contributed by atoms with van der Waals surface area (Å²) < 4.78 is 0. The first-order valence-electron chi connectivity index (χ1n) is 7.25. The molecule has 1 fully saturated rings. The van der Waals surface area contributed by atoms with Gasteiger partial charge in [-0.05, 0) is 25.0 Å². The standard InChI is InChI=1S/C15H19N5O/c21-14(19-13-3-4-13)5-7-17-9-12-10-18-20-15(12)11-2-1-6-16-8-11/h1-2,6,8,10,13,17H,3-5,7,9H2,(H,18,20)(H,19,21). The van der Waals surface area contributed by atoms with Crippen molar-refractivity contribution in [3.63, 3.8) is 0 Å². The van der Waals surface area contributed by atoms with Gasteiger partial charge in [0.1, 0.15) is 0 Å². The summed E-state index contributed by atoms with van der Waals surface area (Å²) in [4.78, 5) is 15.7. The molecule has 21 heavy (non-hydrogen) atoms. The number of nitrogens with zero attached hydrogens (tertiary/aromatic N) is 2. The molecule has 0 aromatic carbocycles. The largest absolute Gasteiger partial charge is 0.353 e. The summed E-state index contributed by atoms with van der Waals surface area (Å²) in [6, 6.07) is 4.33. The van der Waals surface area contributed by atoms with E-state index in [4.69, 9.17) is 0 Å². The summed E-state index contributed by atoms with van der Waals surface area (Å²) in [5.74, 6) is 0.129. The van der Waals surface area contributed by atoms with Crippen LogP contribution in [0.4, 0.5) is 0 Å². The molecule has 0 unspecified atom stereocenters. The monoisotopic (exact) mass is 285 g/mol. The van der Waals surface area contributed by atoms with Crippen LogP contribution in [0.3, 0.4) is 0 Å². The number of hydrogen-bond donors (Lipinski definition) is 3. The highest BCUT2D eigenvalue weighted by Gasteiger charge is 2.22. The zero-order valence-corrected chi connectivity index (χ0v) is 11.8. The van der Waals surface area contributed by atoms with Crippen molar-refractivity contribution < 1.29 is 4.79 Å². The van der Waals surface area contributed by atoms with E-state index in [1.54, 1.807) is 18.6 Å². The molecular formula is C15H19N5O. The Bertz CT molecular complexity index is 591. The SMILES string of the molecule is O=C(CCNCc1cn[nH]c1-c1cccnc1)NC1CC1. The average molecular weight is 285 g/mol. The fraction of sp³-hybridized carbons (Fsp3) is 0.400. The van der Waals surface area contributed by atoms with Crippen LogP contribution in [0.5, 0.6) is 0 Å². The van der Waals surface area contributed by atoms with Crippen LogP contribution >= 0.6 is 0 Å². The highest BCUT2D eigenvalue weighted by Crippen LogP contribution is 2.19. The summed E-state index contributed by atoms with van der Waals surface area (Å²) >= 11 is 0. The molecule has 0 aliphatic heterocycles. The van der Waals surface area contributed by atoms with Gasteiger partial charge in [0, 0.05) is 49.1 Å². The molecule has 1 saturated carbocycles. The highest BCUT2D eigenvalue weighted by atomic mass is 16.1. The van der Waals surface area contributed by atoms with Crippen LogP contribution in [0.15, 0.2) is 30.7 Å². The maximum absolute atomic E-state index is 11.6. The molecule has 2 heterocycles. The lowest BCUT2D eigenvalue weighted by atomic mass is 10.1. The van der Waals surface area contributed by atoms with Crippen LogP contribution in [0, 0.1) is 0 Å². The van der Waals surface area contributed by atoms with Crippen molar-refractivity contribution in [2.24, 2.45) is 0 Å². The first-order valence-corrected chi connectivity index (χ1v) is 7.25. The van der Waals surface area contributed by atoms with Gasteiger partial charge in [-0.3, -0.25) is 14.9 Å². The van der Waals surface area contributed by atoms with Crippen molar-refractivity contribution in [3.8, 4) is 11.3 Å². The lowest BCUT2D eigenvalue weighted by molar-refractivity contribution is -0.121. The minimum Gasteiger partial charge on any atom is -0.353 e. The first-order chi connectivity index (χ1) is 10.3. The Morgan fingerprint density at radius 2 is 2.29 bits per heavy atom. The first kappa shape index (κ1) is 13.8. The zero-order chi connectivity index (χ0) is 14.5. The molecule has 1 aliphatic carbocycles. The second-order valence-electron chi connectivity index (χ2n) is 5.28. The number of aromatic amines is 1. The average Bonchev–Trinajstić information content (AvgIpc) is 3.19. The van der Waals surface area contributed by atoms with E-state index >= 15 is 0 Å². The van der Waals surface area contributed by atoms with Gasteiger partial charge in [-0.25, -0.2) is 0 Å². The van der Waals surface area contributed by atoms with E-state index in [1.807, 2.05) is 12.1 Å². The molecule has 3 rings (SSSR count). The summed E-state index contributed by atoms with van der Waals surface area (Å²) in [5.41, 5.74) is 3.06. The Morgan fingerprint density at radius 1 is 1.38 bits per heavy atom. The molecule has 2 aromatic heterocycles. The van der Waals surface area contributed by atoms with Gasteiger partial charge in [-0.15, -0.1) is 0 Å². The van der Waals surface area contributed by atoms with Crippen molar-refractivity contribution in [1.82, 2.24) is 25.8 Å². The molecule has 3 N–H and O–H groups in total. The molecule has 1 aliphatic rings. The molecule has 0 spiro atoms. The van der Waals surface area contributed by atoms with Crippen molar-refractivity contribution in [3.05, 3.63) is 36.3 Å². The fourth-order valence-corrected chi connectivity index (χ4v) is 2.16. The van der Waals surface area contributed by atoms with Crippen LogP contribution < -0.4 is 10.6 Å². The Balaban J connectivity index is 1.47. The van der Waals surface area contributed by atoms with Gasteiger partial charge >= 0.3 is 0 Å². The molecule has 0 bridgehead atoms. The van der Waals surface area contributed by atoms with E-state index in [0.717, 1.165) is 29.7 Å². The summed E-state index contributed by atoms with van der Waals surface area (Å²) in [7, 11) is 0. The van der Waals surface area contributed by atoms with Crippen LogP contribution in [-0.4, -0.2) is 33.7 Å². The second-order valence-corrected chi connectivity index (χ2v) is 5.28. The zero-order valence-electron chi connectivity index (χ0n) is 11.8. The molecular weight excluding hydrogens is 266 g/mol. The van der Waals surface area contributed by atoms with E-state index in [0.29, 0.717) is 25.6 Å². The Labute approximate surface area is 123 Å². The number of aromatic nitrogens is 3. The van der Waals surface area contributed by atoms with E-state index in [-0.39, 0.29) is 5.91 Å². The number of amides is 1. The van der Waals surface area contributed by atoms with Crippen LogP contribution in [0.25, 0.3) is 11.3 Å². The van der Waals surface area contributed by atoms with Gasteiger partial charge in [0.15, 0.2) is 0 Å². The van der Waals surface area contributed by atoms with Gasteiger partial charge in [0.25, 0.3) is 0 Å². The van der Waals surface area contributed by atoms with Crippen molar-refractivity contribution >= 4 is 5.91 Å². The number of pyridine rings is 1. The van der Waals surface area contributed by atoms with Crippen LogP contribution in [0.2, 0.25) is 0 Å². The quantitative estimate of drug-likeness (QED) is 0.668. The lowest BCUT2D eigenvalue weighted by Crippen LogP contribution is -2.29. The Morgan fingerprint density at radius 3 is 3.05 bits per heavy atom.